The number of nitrogens with one attached hydrogen (secondary N) is 1. The largest absolute Gasteiger partial charge is 0.496 e. The summed E-state index contributed by atoms with van der Waals surface area (Å²) in [6.45, 7) is 3.42. The summed E-state index contributed by atoms with van der Waals surface area (Å²) in [5.74, 6) is -1.50. The van der Waals surface area contributed by atoms with Crippen molar-refractivity contribution in [2.24, 2.45) is 0 Å². The van der Waals surface area contributed by atoms with Gasteiger partial charge in [-0.2, -0.15) is 0 Å². The van der Waals surface area contributed by atoms with E-state index in [0.717, 1.165) is 16.7 Å². The molecule has 6 nitrogen and oxygen atoms in total. The van der Waals surface area contributed by atoms with Gasteiger partial charge in [0, 0.05) is 0 Å². The molecule has 0 unspecified atom stereocenters. The Hall–Kier alpha value is -3.15. The number of aryl methyl sites for hydroxylation is 2. The SMILES string of the molecule is COc1ccccc1C(=O)NC(=O)COC(=O)Cc1ccc(C)c(C)c1. The first-order chi connectivity index (χ1) is 12.4. The maximum atomic E-state index is 12.1. The minimum Gasteiger partial charge on any atom is -0.496 e. The zero-order chi connectivity index (χ0) is 19.1. The van der Waals surface area contributed by atoms with Crippen LogP contribution in [-0.4, -0.2) is 31.5 Å². The van der Waals surface area contributed by atoms with Crippen LogP contribution in [0.1, 0.15) is 27.0 Å². The van der Waals surface area contributed by atoms with Crippen LogP contribution in [0.25, 0.3) is 0 Å². The predicted octanol–water partition coefficient (Wildman–Crippen LogP) is 2.35. The van der Waals surface area contributed by atoms with Gasteiger partial charge in [0.25, 0.3) is 11.8 Å². The Morgan fingerprint density at radius 2 is 1.73 bits per heavy atom. The van der Waals surface area contributed by atoms with Gasteiger partial charge in [-0.3, -0.25) is 19.7 Å². The number of para-hydroxylation sites is 1. The highest BCUT2D eigenvalue weighted by atomic mass is 16.5. The summed E-state index contributed by atoms with van der Waals surface area (Å²) in [5.41, 5.74) is 3.25. The molecule has 6 heteroatoms. The average molecular weight is 355 g/mol. The number of ether oxygens (including phenoxy) is 2. The van der Waals surface area contributed by atoms with Crippen molar-refractivity contribution >= 4 is 17.8 Å². The molecule has 136 valence electrons. The molecule has 0 heterocycles. The highest BCUT2D eigenvalue weighted by molar-refractivity contribution is 6.06. The Morgan fingerprint density at radius 3 is 2.42 bits per heavy atom. The second kappa shape index (κ2) is 8.80. The van der Waals surface area contributed by atoms with E-state index in [1.165, 1.54) is 13.2 Å². The number of hydrogen-bond donors (Lipinski definition) is 1. The van der Waals surface area contributed by atoms with Crippen molar-refractivity contribution in [3.63, 3.8) is 0 Å². The van der Waals surface area contributed by atoms with Gasteiger partial charge < -0.3 is 9.47 Å². The number of methoxy groups -OCH3 is 1. The fourth-order valence-corrected chi connectivity index (χ4v) is 2.34. The molecule has 0 saturated heterocycles. The second-order valence-electron chi connectivity index (χ2n) is 5.83. The minimum absolute atomic E-state index is 0.0643. The lowest BCUT2D eigenvalue weighted by Gasteiger charge is -2.09. The summed E-state index contributed by atoms with van der Waals surface area (Å²) >= 11 is 0. The van der Waals surface area contributed by atoms with E-state index in [2.05, 4.69) is 5.32 Å². The summed E-state index contributed by atoms with van der Waals surface area (Å²) < 4.78 is 10.0. The zero-order valence-corrected chi connectivity index (χ0v) is 15.0. The van der Waals surface area contributed by atoms with Crippen LogP contribution in [0.15, 0.2) is 42.5 Å². The lowest BCUT2D eigenvalue weighted by Crippen LogP contribution is -2.34. The van der Waals surface area contributed by atoms with Crippen molar-refractivity contribution in [1.82, 2.24) is 5.32 Å². The molecule has 0 aliphatic rings. The molecule has 0 aliphatic heterocycles. The van der Waals surface area contributed by atoms with Gasteiger partial charge in [0.2, 0.25) is 0 Å². The Kier molecular flexibility index (Phi) is 6.49. The van der Waals surface area contributed by atoms with Crippen LogP contribution in [0, 0.1) is 13.8 Å². The normalized spacial score (nSPS) is 10.1. The summed E-state index contributed by atoms with van der Waals surface area (Å²) in [4.78, 5) is 35.8. The number of benzene rings is 2. The predicted molar refractivity (Wildman–Crippen MR) is 96.0 cm³/mol. The topological polar surface area (TPSA) is 81.7 Å². The molecule has 0 saturated carbocycles. The lowest BCUT2D eigenvalue weighted by atomic mass is 10.0. The van der Waals surface area contributed by atoms with E-state index >= 15 is 0 Å². The highest BCUT2D eigenvalue weighted by Crippen LogP contribution is 2.16. The molecular weight excluding hydrogens is 334 g/mol. The summed E-state index contributed by atoms with van der Waals surface area (Å²) in [6, 6.07) is 12.2. The van der Waals surface area contributed by atoms with Crippen LogP contribution in [0.3, 0.4) is 0 Å². The van der Waals surface area contributed by atoms with Gasteiger partial charge in [-0.15, -0.1) is 0 Å². The third kappa shape index (κ3) is 5.17. The molecule has 2 aromatic carbocycles. The fraction of sp³-hybridized carbons (Fsp3) is 0.250. The number of carbonyl (C=O) groups is 3. The first-order valence-corrected chi connectivity index (χ1v) is 8.09. The van der Waals surface area contributed by atoms with Crippen molar-refractivity contribution in [1.29, 1.82) is 0 Å². The van der Waals surface area contributed by atoms with Gasteiger partial charge in [0.1, 0.15) is 5.75 Å². The molecule has 0 aromatic heterocycles. The van der Waals surface area contributed by atoms with Crippen molar-refractivity contribution in [2.75, 3.05) is 13.7 Å². The molecule has 2 rings (SSSR count). The number of esters is 1. The number of hydrogen-bond acceptors (Lipinski definition) is 5. The number of amides is 2. The van der Waals surface area contributed by atoms with Crippen molar-refractivity contribution in [2.45, 2.75) is 20.3 Å². The molecule has 1 N–H and O–H groups in total. The summed E-state index contributed by atoms with van der Waals surface area (Å²) in [7, 11) is 1.43. The van der Waals surface area contributed by atoms with Gasteiger partial charge in [-0.05, 0) is 42.7 Å². The standard InChI is InChI=1S/C20H21NO5/c1-13-8-9-15(10-14(13)2)11-19(23)26-12-18(22)21-20(24)16-6-4-5-7-17(16)25-3/h4-10H,11-12H2,1-3H3,(H,21,22,24). The van der Waals surface area contributed by atoms with E-state index < -0.39 is 24.4 Å². The molecule has 2 amide bonds. The fourth-order valence-electron chi connectivity index (χ4n) is 2.34. The number of imide groups is 1. The molecule has 26 heavy (non-hydrogen) atoms. The maximum Gasteiger partial charge on any atom is 0.310 e. The maximum absolute atomic E-state index is 12.1. The van der Waals surface area contributed by atoms with E-state index in [1.807, 2.05) is 32.0 Å². The van der Waals surface area contributed by atoms with Crippen LogP contribution in [-0.2, 0) is 20.7 Å². The average Bonchev–Trinajstić information content (AvgIpc) is 2.63. The third-order valence-electron chi connectivity index (χ3n) is 3.89. The number of rotatable bonds is 6. The smallest absolute Gasteiger partial charge is 0.310 e. The molecule has 2 aromatic rings. The third-order valence-corrected chi connectivity index (χ3v) is 3.89. The Balaban J connectivity index is 1.85. The van der Waals surface area contributed by atoms with Crippen LogP contribution in [0.4, 0.5) is 0 Å². The quantitative estimate of drug-likeness (QED) is 0.805. The highest BCUT2D eigenvalue weighted by Gasteiger charge is 2.16. The lowest BCUT2D eigenvalue weighted by molar-refractivity contribution is -0.147. The van der Waals surface area contributed by atoms with Crippen LogP contribution in [0.2, 0.25) is 0 Å². The molecule has 0 atom stereocenters. The van der Waals surface area contributed by atoms with Crippen molar-refractivity contribution < 1.29 is 23.9 Å². The second-order valence-corrected chi connectivity index (χ2v) is 5.83. The van der Waals surface area contributed by atoms with Gasteiger partial charge in [0.15, 0.2) is 6.61 Å². The van der Waals surface area contributed by atoms with Gasteiger partial charge >= 0.3 is 5.97 Å². The van der Waals surface area contributed by atoms with Crippen LogP contribution in [0.5, 0.6) is 5.75 Å². The van der Waals surface area contributed by atoms with Gasteiger partial charge in [-0.25, -0.2) is 0 Å². The van der Waals surface area contributed by atoms with Crippen LogP contribution < -0.4 is 10.1 Å². The van der Waals surface area contributed by atoms with Gasteiger partial charge in [-0.1, -0.05) is 30.3 Å². The Labute approximate surface area is 152 Å². The first kappa shape index (κ1) is 19.2. The summed E-state index contributed by atoms with van der Waals surface area (Å²) in [5, 5.41) is 2.17. The zero-order valence-electron chi connectivity index (χ0n) is 15.0. The van der Waals surface area contributed by atoms with E-state index in [0.29, 0.717) is 5.75 Å². The van der Waals surface area contributed by atoms with Gasteiger partial charge in [0.05, 0.1) is 19.1 Å². The Bertz CT molecular complexity index is 829. The molecule has 0 bridgehead atoms. The molecule has 0 aliphatic carbocycles. The summed E-state index contributed by atoms with van der Waals surface area (Å²) in [6.07, 6.45) is 0.0643. The van der Waals surface area contributed by atoms with E-state index in [4.69, 9.17) is 9.47 Å². The molecular formula is C20H21NO5. The number of carbonyl (C=O) groups excluding carboxylic acids is 3. The van der Waals surface area contributed by atoms with Crippen molar-refractivity contribution in [3.05, 3.63) is 64.7 Å². The molecule has 0 fully saturated rings. The van der Waals surface area contributed by atoms with E-state index in [-0.39, 0.29) is 12.0 Å². The molecule has 0 radical (unpaired) electrons. The first-order valence-electron chi connectivity index (χ1n) is 8.09. The minimum atomic E-state index is -0.700. The Morgan fingerprint density at radius 1 is 1.00 bits per heavy atom. The van der Waals surface area contributed by atoms with E-state index in [9.17, 15) is 14.4 Å². The van der Waals surface area contributed by atoms with E-state index in [1.54, 1.807) is 18.2 Å². The molecule has 0 spiro atoms. The monoisotopic (exact) mass is 355 g/mol. The van der Waals surface area contributed by atoms with Crippen molar-refractivity contribution in [3.8, 4) is 5.75 Å². The van der Waals surface area contributed by atoms with Crippen LogP contribution >= 0.6 is 0 Å².